The van der Waals surface area contributed by atoms with Crippen LogP contribution in [0.1, 0.15) is 11.8 Å². The van der Waals surface area contributed by atoms with Crippen LogP contribution in [-0.2, 0) is 11.2 Å². The van der Waals surface area contributed by atoms with Crippen LogP contribution in [0.4, 0.5) is 0 Å². The van der Waals surface area contributed by atoms with Crippen LogP contribution in [0.25, 0.3) is 0 Å². The largest absolute Gasteiger partial charge is 0.481 e. The third kappa shape index (κ3) is 5.88. The Kier molecular flexibility index (Phi) is 6.32. The first-order valence-electron chi connectivity index (χ1n) is 3.55. The van der Waals surface area contributed by atoms with E-state index in [1.807, 2.05) is 17.5 Å². The normalized spacial score (nSPS) is 8.50. The Hall–Kier alpha value is -0.870. The van der Waals surface area contributed by atoms with Crippen LogP contribution in [0.2, 0.25) is 0 Å². The zero-order chi connectivity index (χ0) is 9.40. The van der Waals surface area contributed by atoms with Crippen molar-refractivity contribution in [3.63, 3.8) is 0 Å². The molecule has 1 aromatic rings. The Morgan fingerprint density at radius 3 is 2.58 bits per heavy atom. The molecule has 3 nitrogen and oxygen atoms in total. The molecule has 1 rings (SSSR count). The van der Waals surface area contributed by atoms with E-state index in [-0.39, 0.29) is 13.0 Å². The van der Waals surface area contributed by atoms with Crippen molar-refractivity contribution < 1.29 is 15.0 Å². The minimum atomic E-state index is -0.766. The molecule has 0 radical (unpaired) electrons. The molecule has 0 spiro atoms. The van der Waals surface area contributed by atoms with E-state index >= 15 is 0 Å². The lowest BCUT2D eigenvalue weighted by molar-refractivity contribution is -0.136. The fraction of sp³-hybridized carbons (Fsp3) is 0.375. The summed E-state index contributed by atoms with van der Waals surface area (Å²) in [5.74, 6) is -0.766. The van der Waals surface area contributed by atoms with Gasteiger partial charge in [0.2, 0.25) is 0 Å². The lowest BCUT2D eigenvalue weighted by Crippen LogP contribution is -1.96. The van der Waals surface area contributed by atoms with Gasteiger partial charge in [-0.2, -0.15) is 0 Å². The summed E-state index contributed by atoms with van der Waals surface area (Å²) in [6.45, 7) is 1.93. The van der Waals surface area contributed by atoms with Crippen molar-refractivity contribution in [1.29, 1.82) is 0 Å². The van der Waals surface area contributed by atoms with Crippen LogP contribution >= 0.6 is 11.3 Å². The van der Waals surface area contributed by atoms with Gasteiger partial charge in [-0.25, -0.2) is 0 Å². The highest BCUT2D eigenvalue weighted by Gasteiger charge is 1.98. The maximum atomic E-state index is 10.1. The molecule has 0 amide bonds. The standard InChI is InChI=1S/C6H6O2S.C2H6O/c7-6(8)4-5-2-1-3-9-5;1-2-3/h1-3H,4H2,(H,7,8);3H,2H2,1H3. The number of aliphatic carboxylic acids is 1. The molecule has 12 heavy (non-hydrogen) atoms. The van der Waals surface area contributed by atoms with Gasteiger partial charge in [0.25, 0.3) is 0 Å². The Morgan fingerprint density at radius 1 is 1.67 bits per heavy atom. The van der Waals surface area contributed by atoms with Gasteiger partial charge in [-0.05, 0) is 18.4 Å². The van der Waals surface area contributed by atoms with E-state index in [4.69, 9.17) is 10.2 Å². The van der Waals surface area contributed by atoms with Crippen LogP contribution in [0, 0.1) is 0 Å². The van der Waals surface area contributed by atoms with E-state index in [0.717, 1.165) is 4.88 Å². The van der Waals surface area contributed by atoms with E-state index in [1.54, 1.807) is 6.92 Å². The Bertz CT molecular complexity index is 206. The van der Waals surface area contributed by atoms with Crippen molar-refractivity contribution in [2.24, 2.45) is 0 Å². The van der Waals surface area contributed by atoms with Crippen molar-refractivity contribution in [1.82, 2.24) is 0 Å². The number of carboxylic acid groups (broad SMARTS) is 1. The van der Waals surface area contributed by atoms with E-state index in [1.165, 1.54) is 11.3 Å². The quantitative estimate of drug-likeness (QED) is 0.737. The number of carboxylic acids is 1. The molecule has 0 saturated heterocycles. The van der Waals surface area contributed by atoms with Gasteiger partial charge < -0.3 is 10.2 Å². The highest BCUT2D eigenvalue weighted by Crippen LogP contribution is 2.08. The molecule has 1 aromatic heterocycles. The highest BCUT2D eigenvalue weighted by molar-refractivity contribution is 7.10. The molecule has 0 aliphatic carbocycles. The van der Waals surface area contributed by atoms with E-state index in [2.05, 4.69) is 0 Å². The topological polar surface area (TPSA) is 57.5 Å². The maximum Gasteiger partial charge on any atom is 0.308 e. The Labute approximate surface area is 75.3 Å². The minimum Gasteiger partial charge on any atom is -0.481 e. The molecule has 0 aliphatic heterocycles. The number of hydrogen-bond donors (Lipinski definition) is 2. The summed E-state index contributed by atoms with van der Waals surface area (Å²) >= 11 is 1.47. The molecular weight excluding hydrogens is 176 g/mol. The highest BCUT2D eigenvalue weighted by atomic mass is 32.1. The molecule has 0 saturated carbocycles. The lowest BCUT2D eigenvalue weighted by atomic mass is 10.3. The van der Waals surface area contributed by atoms with Crippen molar-refractivity contribution in [2.45, 2.75) is 13.3 Å². The molecule has 0 fully saturated rings. The predicted molar refractivity (Wildman–Crippen MR) is 48.4 cm³/mol. The van der Waals surface area contributed by atoms with E-state index < -0.39 is 5.97 Å². The number of carbonyl (C=O) groups is 1. The molecule has 1 heterocycles. The van der Waals surface area contributed by atoms with Gasteiger partial charge in [-0.1, -0.05) is 6.07 Å². The molecule has 68 valence electrons. The van der Waals surface area contributed by atoms with Gasteiger partial charge in [0, 0.05) is 11.5 Å². The first kappa shape index (κ1) is 11.1. The minimum absolute atomic E-state index is 0.150. The number of aliphatic hydroxyl groups excluding tert-OH is 1. The average molecular weight is 188 g/mol. The van der Waals surface area contributed by atoms with Gasteiger partial charge in [0.05, 0.1) is 6.42 Å². The second-order valence-corrected chi connectivity index (χ2v) is 3.00. The van der Waals surface area contributed by atoms with Crippen LogP contribution < -0.4 is 0 Å². The van der Waals surface area contributed by atoms with E-state index in [9.17, 15) is 4.79 Å². The first-order chi connectivity index (χ1) is 5.70. The number of hydrogen-bond acceptors (Lipinski definition) is 3. The Morgan fingerprint density at radius 2 is 2.25 bits per heavy atom. The molecule has 0 bridgehead atoms. The average Bonchev–Trinajstić information content (AvgIpc) is 2.40. The third-order valence-corrected chi connectivity index (χ3v) is 1.78. The van der Waals surface area contributed by atoms with Crippen LogP contribution in [-0.4, -0.2) is 22.8 Å². The van der Waals surface area contributed by atoms with Gasteiger partial charge in [0.15, 0.2) is 0 Å². The van der Waals surface area contributed by atoms with Crippen molar-refractivity contribution in [3.8, 4) is 0 Å². The number of rotatable bonds is 2. The van der Waals surface area contributed by atoms with Crippen LogP contribution in [0.3, 0.4) is 0 Å². The zero-order valence-electron chi connectivity index (χ0n) is 6.86. The first-order valence-corrected chi connectivity index (χ1v) is 4.43. The molecular formula is C8H12O3S. The predicted octanol–water partition coefficient (Wildman–Crippen LogP) is 1.37. The monoisotopic (exact) mass is 188 g/mol. The summed E-state index contributed by atoms with van der Waals surface area (Å²) in [4.78, 5) is 11.0. The van der Waals surface area contributed by atoms with Gasteiger partial charge in [-0.3, -0.25) is 4.79 Å². The van der Waals surface area contributed by atoms with Crippen molar-refractivity contribution >= 4 is 17.3 Å². The van der Waals surface area contributed by atoms with Gasteiger partial charge in [0.1, 0.15) is 0 Å². The SMILES string of the molecule is CCO.O=C(O)Cc1cccs1. The molecule has 4 heteroatoms. The van der Waals surface area contributed by atoms with Crippen molar-refractivity contribution in [2.75, 3.05) is 6.61 Å². The lowest BCUT2D eigenvalue weighted by Gasteiger charge is -1.85. The second kappa shape index (κ2) is 6.82. The van der Waals surface area contributed by atoms with Crippen molar-refractivity contribution in [3.05, 3.63) is 22.4 Å². The third-order valence-electron chi connectivity index (χ3n) is 0.906. The molecule has 0 aromatic carbocycles. The second-order valence-electron chi connectivity index (χ2n) is 1.97. The zero-order valence-corrected chi connectivity index (χ0v) is 7.67. The molecule has 0 unspecified atom stereocenters. The van der Waals surface area contributed by atoms with Gasteiger partial charge in [-0.15, -0.1) is 11.3 Å². The van der Waals surface area contributed by atoms with Gasteiger partial charge >= 0.3 is 5.97 Å². The smallest absolute Gasteiger partial charge is 0.308 e. The fourth-order valence-electron chi connectivity index (χ4n) is 0.562. The van der Waals surface area contributed by atoms with Crippen LogP contribution in [0.5, 0.6) is 0 Å². The fourth-order valence-corrected chi connectivity index (χ4v) is 1.26. The summed E-state index contributed by atoms with van der Waals surface area (Å²) in [6, 6.07) is 3.67. The summed E-state index contributed by atoms with van der Waals surface area (Å²) < 4.78 is 0. The maximum absolute atomic E-state index is 10.1. The molecule has 2 N–H and O–H groups in total. The number of aliphatic hydroxyl groups is 1. The number of thiophene rings is 1. The van der Waals surface area contributed by atoms with Crippen LogP contribution in [0.15, 0.2) is 17.5 Å². The summed E-state index contributed by atoms with van der Waals surface area (Å²) in [5, 5.41) is 17.7. The summed E-state index contributed by atoms with van der Waals surface area (Å²) in [5.41, 5.74) is 0. The summed E-state index contributed by atoms with van der Waals surface area (Å²) in [6.07, 6.45) is 0.150. The Balaban J connectivity index is 0.000000354. The summed E-state index contributed by atoms with van der Waals surface area (Å²) in [7, 11) is 0. The molecule has 0 atom stereocenters. The van der Waals surface area contributed by atoms with E-state index in [0.29, 0.717) is 0 Å². The molecule has 0 aliphatic rings.